The minimum Gasteiger partial charge on any atom is -0.368 e. The molecule has 0 unspecified atom stereocenters. The first-order valence-electron chi connectivity index (χ1n) is 12.9. The molecular formula is C29H28ClN7O2. The van der Waals surface area contributed by atoms with E-state index in [9.17, 15) is 9.59 Å². The summed E-state index contributed by atoms with van der Waals surface area (Å²) < 4.78 is 1.96. The number of rotatable bonds is 6. The SMILES string of the molecule is Cc1cc(Cl)cc(N2C(=O)[C@@](C)(Cc3ccc(-c4cncnc4)cc3)n3c(N4CCC[C@H]4C(N)=O)cnc32)c1. The summed E-state index contributed by atoms with van der Waals surface area (Å²) in [5.74, 6) is 0.703. The van der Waals surface area contributed by atoms with Crippen molar-refractivity contribution in [1.82, 2.24) is 19.5 Å². The van der Waals surface area contributed by atoms with Gasteiger partial charge in [-0.1, -0.05) is 35.9 Å². The van der Waals surface area contributed by atoms with Gasteiger partial charge in [0.1, 0.15) is 23.7 Å². The van der Waals surface area contributed by atoms with Crippen LogP contribution in [0.15, 0.2) is 67.4 Å². The first-order chi connectivity index (χ1) is 18.8. The zero-order valence-electron chi connectivity index (χ0n) is 21.7. The van der Waals surface area contributed by atoms with Crippen molar-refractivity contribution in [3.8, 4) is 11.1 Å². The molecule has 4 aromatic rings. The van der Waals surface area contributed by atoms with E-state index >= 15 is 0 Å². The smallest absolute Gasteiger partial charge is 0.260 e. The molecular weight excluding hydrogens is 514 g/mol. The van der Waals surface area contributed by atoms with Gasteiger partial charge in [-0.3, -0.25) is 14.2 Å². The van der Waals surface area contributed by atoms with Gasteiger partial charge in [0.2, 0.25) is 11.9 Å². The maximum Gasteiger partial charge on any atom is 0.260 e. The van der Waals surface area contributed by atoms with Crippen molar-refractivity contribution in [2.75, 3.05) is 16.3 Å². The number of nitrogens with zero attached hydrogens (tertiary/aromatic N) is 6. The van der Waals surface area contributed by atoms with Crippen LogP contribution in [0.1, 0.15) is 30.9 Å². The quantitative estimate of drug-likeness (QED) is 0.387. The number of carbonyl (C=O) groups is 2. The summed E-state index contributed by atoms with van der Waals surface area (Å²) >= 11 is 6.40. The average molecular weight is 542 g/mol. The summed E-state index contributed by atoms with van der Waals surface area (Å²) in [7, 11) is 0. The molecule has 2 aromatic heterocycles. The summed E-state index contributed by atoms with van der Waals surface area (Å²) in [5, 5.41) is 0.540. The Balaban J connectivity index is 1.44. The van der Waals surface area contributed by atoms with E-state index in [1.807, 2.05) is 59.7 Å². The lowest BCUT2D eigenvalue weighted by molar-refractivity contribution is -0.123. The Morgan fingerprint density at radius 3 is 2.54 bits per heavy atom. The molecule has 2 aliphatic heterocycles. The number of carbonyl (C=O) groups excluding carboxylic acids is 2. The Bertz CT molecular complexity index is 1550. The second-order valence-electron chi connectivity index (χ2n) is 10.4. The van der Waals surface area contributed by atoms with Crippen molar-refractivity contribution in [2.24, 2.45) is 5.73 Å². The Morgan fingerprint density at radius 2 is 1.85 bits per heavy atom. The first kappa shape index (κ1) is 25.1. The van der Waals surface area contributed by atoms with Crippen LogP contribution in [0.25, 0.3) is 11.1 Å². The molecule has 0 bridgehead atoms. The topological polar surface area (TPSA) is 110 Å². The third kappa shape index (κ3) is 4.23. The fraction of sp³-hybridized carbons (Fsp3) is 0.276. The Kier molecular flexibility index (Phi) is 6.10. The van der Waals surface area contributed by atoms with Crippen LogP contribution < -0.4 is 15.5 Å². The third-order valence-electron chi connectivity index (χ3n) is 7.64. The lowest BCUT2D eigenvalue weighted by Crippen LogP contribution is -2.45. The zero-order valence-corrected chi connectivity index (χ0v) is 22.5. The number of aryl methyl sites for hydroxylation is 1. The van der Waals surface area contributed by atoms with Gasteiger partial charge in [0.05, 0.1) is 11.9 Å². The highest BCUT2D eigenvalue weighted by Crippen LogP contribution is 2.46. The standard InChI is InChI=1S/C29H28ClN7O2/c1-18-10-22(30)12-23(11-18)36-27(39)29(2,13-19-5-7-20(8-6-19)21-14-32-17-33-15-21)37-25(16-34-28(36)37)35-9-3-4-24(35)26(31)38/h5-8,10-12,14-17,24H,3-4,9,13H2,1-2H3,(H2,31,38)/t24-,29+/m0/s1. The van der Waals surface area contributed by atoms with Crippen LogP contribution in [-0.4, -0.2) is 43.9 Å². The van der Waals surface area contributed by atoms with Gasteiger partial charge in [0.15, 0.2) is 0 Å². The number of hydrogen-bond acceptors (Lipinski definition) is 6. The molecule has 2 N–H and O–H groups in total. The van der Waals surface area contributed by atoms with Crippen molar-refractivity contribution >= 4 is 40.9 Å². The highest BCUT2D eigenvalue weighted by Gasteiger charge is 2.51. The highest BCUT2D eigenvalue weighted by atomic mass is 35.5. The van der Waals surface area contributed by atoms with E-state index in [2.05, 4.69) is 9.97 Å². The largest absolute Gasteiger partial charge is 0.368 e. The second kappa shape index (κ2) is 9.50. The molecule has 2 atom stereocenters. The van der Waals surface area contributed by atoms with Crippen molar-refractivity contribution in [3.05, 3.63) is 83.5 Å². The lowest BCUT2D eigenvalue weighted by Gasteiger charge is -2.31. The minimum absolute atomic E-state index is 0.121. The molecule has 1 fully saturated rings. The maximum atomic E-state index is 14.3. The Labute approximate surface area is 231 Å². The molecule has 0 aliphatic carbocycles. The molecule has 4 heterocycles. The van der Waals surface area contributed by atoms with Crippen molar-refractivity contribution in [1.29, 1.82) is 0 Å². The summed E-state index contributed by atoms with van der Waals surface area (Å²) in [6, 6.07) is 13.2. The number of fused-ring (bicyclic) bond motifs is 1. The lowest BCUT2D eigenvalue weighted by atomic mass is 9.91. The number of benzene rings is 2. The van der Waals surface area contributed by atoms with Crippen molar-refractivity contribution in [2.45, 2.75) is 44.7 Å². The third-order valence-corrected chi connectivity index (χ3v) is 7.86. The van der Waals surface area contributed by atoms with Crippen LogP contribution in [0.5, 0.6) is 0 Å². The number of anilines is 3. The molecule has 0 saturated carbocycles. The fourth-order valence-corrected chi connectivity index (χ4v) is 6.11. The summed E-state index contributed by atoms with van der Waals surface area (Å²) in [6.45, 7) is 4.52. The van der Waals surface area contributed by atoms with E-state index in [-0.39, 0.29) is 11.8 Å². The molecule has 1 saturated heterocycles. The molecule has 2 amide bonds. The van der Waals surface area contributed by atoms with Gasteiger partial charge in [-0.15, -0.1) is 0 Å². The van der Waals surface area contributed by atoms with E-state index in [0.29, 0.717) is 41.9 Å². The zero-order chi connectivity index (χ0) is 27.3. The van der Waals surface area contributed by atoms with Gasteiger partial charge < -0.3 is 10.6 Å². The van der Waals surface area contributed by atoms with Gasteiger partial charge in [-0.2, -0.15) is 0 Å². The number of nitrogens with two attached hydrogens (primary N) is 1. The monoisotopic (exact) mass is 541 g/mol. The van der Waals surface area contributed by atoms with Crippen molar-refractivity contribution in [3.63, 3.8) is 0 Å². The van der Waals surface area contributed by atoms with Gasteiger partial charge in [0.25, 0.3) is 5.91 Å². The van der Waals surface area contributed by atoms with E-state index in [4.69, 9.17) is 22.3 Å². The number of hydrogen-bond donors (Lipinski definition) is 1. The summed E-state index contributed by atoms with van der Waals surface area (Å²) in [6.07, 6.45) is 8.70. The van der Waals surface area contributed by atoms with Gasteiger partial charge in [-0.05, 0) is 61.6 Å². The van der Waals surface area contributed by atoms with Crippen LogP contribution in [0.2, 0.25) is 5.02 Å². The normalized spacial score (nSPS) is 20.5. The Hall–Kier alpha value is -4.24. The van der Waals surface area contributed by atoms with Crippen LogP contribution in [0, 0.1) is 6.92 Å². The molecule has 0 radical (unpaired) electrons. The number of primary amides is 1. The number of imidazole rings is 1. The van der Waals surface area contributed by atoms with Gasteiger partial charge in [-0.25, -0.2) is 19.9 Å². The van der Waals surface area contributed by atoms with Crippen molar-refractivity contribution < 1.29 is 9.59 Å². The first-order valence-corrected chi connectivity index (χ1v) is 13.2. The molecule has 39 heavy (non-hydrogen) atoms. The predicted molar refractivity (Wildman–Crippen MR) is 150 cm³/mol. The van der Waals surface area contributed by atoms with E-state index in [1.165, 1.54) is 6.33 Å². The van der Waals surface area contributed by atoms with Crippen LogP contribution >= 0.6 is 11.6 Å². The van der Waals surface area contributed by atoms with Gasteiger partial charge in [0, 0.05) is 35.9 Å². The maximum absolute atomic E-state index is 14.3. The molecule has 2 aromatic carbocycles. The average Bonchev–Trinajstić information content (AvgIpc) is 3.61. The highest BCUT2D eigenvalue weighted by molar-refractivity contribution is 6.31. The number of aromatic nitrogens is 4. The van der Waals surface area contributed by atoms with E-state index in [0.717, 1.165) is 28.7 Å². The fourth-order valence-electron chi connectivity index (χ4n) is 5.83. The molecule has 10 heteroatoms. The van der Waals surface area contributed by atoms with Crippen LogP contribution in [0.3, 0.4) is 0 Å². The van der Waals surface area contributed by atoms with E-state index < -0.39 is 11.6 Å². The summed E-state index contributed by atoms with van der Waals surface area (Å²) in [5.41, 5.74) is 9.22. The molecule has 6 rings (SSSR count). The number of amides is 2. The minimum atomic E-state index is -1.01. The predicted octanol–water partition coefficient (Wildman–Crippen LogP) is 4.39. The van der Waals surface area contributed by atoms with Crippen LogP contribution in [0.4, 0.5) is 17.5 Å². The second-order valence-corrected chi connectivity index (χ2v) is 10.8. The van der Waals surface area contributed by atoms with E-state index in [1.54, 1.807) is 29.6 Å². The number of halogens is 1. The molecule has 9 nitrogen and oxygen atoms in total. The molecule has 0 spiro atoms. The summed E-state index contributed by atoms with van der Waals surface area (Å²) in [4.78, 5) is 43.2. The van der Waals surface area contributed by atoms with Crippen LogP contribution in [-0.2, 0) is 21.5 Å². The molecule has 2 aliphatic rings. The van der Waals surface area contributed by atoms with Gasteiger partial charge >= 0.3 is 0 Å². The molecule has 198 valence electrons. The Morgan fingerprint density at radius 1 is 1.10 bits per heavy atom.